The number of hydrogen-bond acceptors (Lipinski definition) is 11. The van der Waals surface area contributed by atoms with Crippen LogP contribution in [-0.4, -0.2) is 113 Å². The van der Waals surface area contributed by atoms with Crippen LogP contribution in [0, 0.1) is 45.2 Å². The van der Waals surface area contributed by atoms with Crippen molar-refractivity contribution in [3.63, 3.8) is 0 Å². The topological polar surface area (TPSA) is 227 Å². The van der Waals surface area contributed by atoms with Gasteiger partial charge < -0.3 is 55.1 Å². The predicted molar refractivity (Wildman–Crippen MR) is 295 cm³/mol. The van der Waals surface area contributed by atoms with Gasteiger partial charge in [0.1, 0.15) is 34.7 Å². The van der Waals surface area contributed by atoms with E-state index in [0.717, 1.165) is 52.7 Å². The smallest absolute Gasteiger partial charge is 0.410 e. The molecule has 1 radical (unpaired) electrons. The molecular weight excluding hydrogens is 1040 g/mol. The zero-order chi connectivity index (χ0) is 55.6. The number of Topliss-reactive ketones (excluding diaryl/α,β-unsaturated/α-hetero) is 1. The molecule has 0 atom stereocenters. The van der Waals surface area contributed by atoms with E-state index in [9.17, 15) is 37.5 Å². The number of carbonyl (C=O) groups excluding carboxylic acids is 6. The van der Waals surface area contributed by atoms with Gasteiger partial charge in [-0.3, -0.25) is 19.2 Å². The van der Waals surface area contributed by atoms with Gasteiger partial charge >= 0.3 is 12.2 Å². The van der Waals surface area contributed by atoms with Crippen LogP contribution in [0.15, 0.2) is 36.4 Å². The molecule has 2 aromatic carbocycles. The minimum atomic E-state index is -0.546. The predicted octanol–water partition coefficient (Wildman–Crippen LogP) is 10.9. The first-order chi connectivity index (χ1) is 35.8. The summed E-state index contributed by atoms with van der Waals surface area (Å²) >= 11 is 0. The zero-order valence-electron chi connectivity index (χ0n) is 45.8. The standard InChI is InChI=1S/C27H32FN3O4.C15H14FN3O.C11H19NO4.C4H8O.CH4.V/c1-15-19(14-24(32)17-8-10-31(11-9-17)26(34)35-27(3,4)5)16(2)29-23(15)13-21-20-12-18(28)6-7-22(20)30-25(21)33;1-7-13(18-8(2)14(7)17)6-11-10-5-9(16)3-4-12(10)19-15(11)20;1-11(2,3)16-10(14)12-6-4-9(5-7-12)15-8-13;1-2-4-5-3-1;;/h6-7,12-13,17,29H,8-11,14H2,1-5H3,(H,30,33);3-6,18H,17H2,1-2H3,(H,19,20);8-9H,4-7H2,1-3H3;1-4H2;1H4;/b21-13-;11-6-;;;;. The van der Waals surface area contributed by atoms with Gasteiger partial charge in [-0.2, -0.15) is 0 Å². The first-order valence-corrected chi connectivity index (χ1v) is 25.8. The molecule has 2 aromatic heterocycles. The number of hydrogen-bond donors (Lipinski definition) is 5. The maximum Gasteiger partial charge on any atom is 0.410 e. The van der Waals surface area contributed by atoms with Gasteiger partial charge in [0, 0.05) is 128 Å². The number of likely N-dealkylation sites (tertiary alicyclic amines) is 2. The molecule has 4 aromatic rings. The number of fused-ring (bicyclic) bond motifs is 2. The first-order valence-electron chi connectivity index (χ1n) is 25.8. The Balaban J connectivity index is 0.000000258. The molecule has 3 saturated heterocycles. The molecule has 78 heavy (non-hydrogen) atoms. The number of H-pyrrole nitrogens is 2. The molecule has 0 bridgehead atoms. The summed E-state index contributed by atoms with van der Waals surface area (Å²) in [4.78, 5) is 81.4. The van der Waals surface area contributed by atoms with E-state index in [-0.39, 0.29) is 80.0 Å². The Hall–Kier alpha value is -6.70. The van der Waals surface area contributed by atoms with Gasteiger partial charge in [0.25, 0.3) is 18.3 Å². The number of amides is 4. The molecule has 17 nitrogen and oxygen atoms in total. The van der Waals surface area contributed by atoms with Crippen molar-refractivity contribution in [2.24, 2.45) is 5.92 Å². The van der Waals surface area contributed by atoms with E-state index in [0.29, 0.717) is 97.7 Å². The number of aromatic amines is 2. The molecule has 423 valence electrons. The van der Waals surface area contributed by atoms with Crippen molar-refractivity contribution >= 4 is 76.6 Å². The number of aryl methyl sites for hydroxylation is 2. The van der Waals surface area contributed by atoms with Gasteiger partial charge in [0.2, 0.25) is 0 Å². The summed E-state index contributed by atoms with van der Waals surface area (Å²) in [6, 6.07) is 8.45. The van der Waals surface area contributed by atoms with Crippen LogP contribution in [0.3, 0.4) is 0 Å². The van der Waals surface area contributed by atoms with E-state index in [1.165, 1.54) is 37.1 Å². The molecule has 0 saturated carbocycles. The number of nitrogens with two attached hydrogens (primary N) is 1. The number of piperidine rings is 2. The van der Waals surface area contributed by atoms with E-state index in [1.807, 2.05) is 69.2 Å². The third kappa shape index (κ3) is 17.2. The van der Waals surface area contributed by atoms with E-state index in [2.05, 4.69) is 20.6 Å². The second kappa shape index (κ2) is 27.8. The molecule has 5 aliphatic heterocycles. The Bertz CT molecular complexity index is 2850. The fourth-order valence-corrected chi connectivity index (χ4v) is 9.17. The van der Waals surface area contributed by atoms with Gasteiger partial charge in [-0.15, -0.1) is 0 Å². The molecule has 0 spiro atoms. The number of rotatable bonds is 7. The van der Waals surface area contributed by atoms with Crippen molar-refractivity contribution < 1.29 is 75.1 Å². The van der Waals surface area contributed by atoms with Crippen molar-refractivity contribution in [1.82, 2.24) is 19.8 Å². The second-order valence-electron chi connectivity index (χ2n) is 21.5. The van der Waals surface area contributed by atoms with Crippen molar-refractivity contribution in [1.29, 1.82) is 0 Å². The van der Waals surface area contributed by atoms with Crippen LogP contribution in [0.5, 0.6) is 0 Å². The van der Waals surface area contributed by atoms with Crippen molar-refractivity contribution in [3.8, 4) is 0 Å². The van der Waals surface area contributed by atoms with Crippen LogP contribution in [0.4, 0.5) is 35.4 Å². The van der Waals surface area contributed by atoms with Crippen LogP contribution in [0.1, 0.15) is 138 Å². The Morgan fingerprint density at radius 2 is 1.14 bits per heavy atom. The summed E-state index contributed by atoms with van der Waals surface area (Å²) < 4.78 is 47.6. The number of carbonyl (C=O) groups is 6. The molecule has 0 aliphatic carbocycles. The quantitative estimate of drug-likeness (QED) is 0.0664. The fourth-order valence-electron chi connectivity index (χ4n) is 9.17. The van der Waals surface area contributed by atoms with Crippen LogP contribution in [0.2, 0.25) is 0 Å². The number of benzene rings is 2. The van der Waals surface area contributed by atoms with E-state index in [1.54, 1.807) is 34.1 Å². The van der Waals surface area contributed by atoms with E-state index >= 15 is 0 Å². The number of ketones is 1. The largest absolute Gasteiger partial charge is 0.464 e. The number of ether oxygens (including phenoxy) is 4. The maximum atomic E-state index is 13.8. The van der Waals surface area contributed by atoms with Crippen molar-refractivity contribution in [2.45, 2.75) is 139 Å². The summed E-state index contributed by atoms with van der Waals surface area (Å²) in [5.74, 6) is -1.27. The minimum absolute atomic E-state index is 0. The van der Waals surface area contributed by atoms with Crippen molar-refractivity contribution in [3.05, 3.63) is 98.6 Å². The van der Waals surface area contributed by atoms with Gasteiger partial charge in [-0.05, 0) is 160 Å². The van der Waals surface area contributed by atoms with Gasteiger partial charge in [0.05, 0.1) is 16.8 Å². The van der Waals surface area contributed by atoms with Gasteiger partial charge in [0.15, 0.2) is 0 Å². The van der Waals surface area contributed by atoms with E-state index < -0.39 is 17.0 Å². The maximum absolute atomic E-state index is 13.8. The molecule has 6 N–H and O–H groups in total. The molecule has 5 aliphatic rings. The number of aromatic nitrogens is 2. The van der Waals surface area contributed by atoms with Crippen LogP contribution in [-0.2, 0) is 63.1 Å². The summed E-state index contributed by atoms with van der Waals surface area (Å²) in [6.45, 7) is 23.2. The summed E-state index contributed by atoms with van der Waals surface area (Å²) in [5.41, 5.74) is 14.6. The third-order valence-electron chi connectivity index (χ3n) is 13.4. The SMILES string of the molecule is C.C1CCOC1.CC(C)(C)OC(=O)N1CCC(OC=O)CC1.Cc1[nH]c(/C=C2\C(=O)Nc3ccc(F)cc32)c(C)c1CC(=O)C1CCN(C(=O)OC(C)(C)C)CC1.Cc1[nH]c(/C=C2\C(=O)Nc3ccc(F)cc32)c(C)c1N.[V]. The third-order valence-corrected chi connectivity index (χ3v) is 13.4. The Labute approximate surface area is 468 Å². The zero-order valence-corrected chi connectivity index (χ0v) is 47.2. The van der Waals surface area contributed by atoms with Crippen LogP contribution >= 0.6 is 0 Å². The average molecular weight is 1120 g/mol. The molecule has 4 amide bonds. The first kappa shape index (κ1) is 63.8. The number of halogens is 2. The van der Waals surface area contributed by atoms with E-state index in [4.69, 9.17) is 24.7 Å². The summed E-state index contributed by atoms with van der Waals surface area (Å²) in [6.07, 6.45) is 8.15. The molecule has 7 heterocycles. The fraction of sp³-hybridized carbons (Fsp3) is 0.483. The summed E-state index contributed by atoms with van der Waals surface area (Å²) in [7, 11) is 0. The van der Waals surface area contributed by atoms with Crippen LogP contribution < -0.4 is 16.4 Å². The molecular formula is C58H77F2N7O10V. The molecule has 3 fully saturated rings. The minimum Gasteiger partial charge on any atom is -0.464 e. The Kier molecular flexibility index (Phi) is 22.7. The normalized spacial score (nSPS) is 17.1. The Morgan fingerprint density at radius 3 is 1.54 bits per heavy atom. The monoisotopic (exact) mass is 1120 g/mol. The number of nitrogens with zero attached hydrogens (tertiary/aromatic N) is 2. The number of nitrogen functional groups attached to an aromatic ring is 1. The Morgan fingerprint density at radius 1 is 0.705 bits per heavy atom. The van der Waals surface area contributed by atoms with Crippen molar-refractivity contribution in [2.75, 3.05) is 55.8 Å². The molecule has 9 rings (SSSR count). The average Bonchev–Trinajstić information content (AvgIpc) is 4.20. The van der Waals surface area contributed by atoms with Gasteiger partial charge in [-0.25, -0.2) is 18.4 Å². The number of nitrogens with one attached hydrogen (secondary N) is 4. The molecule has 0 unspecified atom stereocenters. The van der Waals surface area contributed by atoms with Gasteiger partial charge in [-0.1, -0.05) is 7.43 Å². The second-order valence-corrected chi connectivity index (χ2v) is 21.5. The summed E-state index contributed by atoms with van der Waals surface area (Å²) in [5, 5.41) is 5.47. The molecule has 20 heteroatoms. The van der Waals surface area contributed by atoms with Crippen LogP contribution in [0.25, 0.3) is 23.3 Å². The number of anilines is 3.